The van der Waals surface area contributed by atoms with Gasteiger partial charge in [0, 0.05) is 18.2 Å². The van der Waals surface area contributed by atoms with Crippen LogP contribution < -0.4 is 24.1 Å². The first-order valence-electron chi connectivity index (χ1n) is 12.7. The van der Waals surface area contributed by atoms with Crippen molar-refractivity contribution in [3.05, 3.63) is 126 Å². The van der Waals surface area contributed by atoms with Crippen LogP contribution in [0.3, 0.4) is 0 Å². The van der Waals surface area contributed by atoms with Crippen molar-refractivity contribution >= 4 is 16.5 Å². The molecular formula is C33H33N2O3+. The molecule has 0 radical (unpaired) electrons. The van der Waals surface area contributed by atoms with Gasteiger partial charge in [-0.15, -0.1) is 0 Å². The number of methoxy groups -OCH3 is 3. The predicted molar refractivity (Wildman–Crippen MR) is 152 cm³/mol. The Bertz CT molecular complexity index is 1520. The summed E-state index contributed by atoms with van der Waals surface area (Å²) in [7, 11) is 5.06. The van der Waals surface area contributed by atoms with Crippen LogP contribution in [0.25, 0.3) is 10.8 Å². The Morgan fingerprint density at radius 2 is 1.32 bits per heavy atom. The highest BCUT2D eigenvalue weighted by molar-refractivity contribution is 5.90. The molecule has 5 rings (SSSR count). The van der Waals surface area contributed by atoms with Crippen LogP contribution in [0, 0.1) is 0 Å². The number of anilines is 1. The van der Waals surface area contributed by atoms with E-state index in [9.17, 15) is 0 Å². The lowest BCUT2D eigenvalue weighted by Crippen LogP contribution is -2.39. The maximum Gasteiger partial charge on any atom is 0.194 e. The van der Waals surface area contributed by atoms with Crippen molar-refractivity contribution < 1.29 is 18.8 Å². The van der Waals surface area contributed by atoms with Crippen LogP contribution in [0.1, 0.15) is 22.4 Å². The first kappa shape index (κ1) is 25.2. The van der Waals surface area contributed by atoms with Crippen molar-refractivity contribution in [2.45, 2.75) is 19.5 Å². The number of pyridine rings is 1. The minimum absolute atomic E-state index is 0.724. The number of nitrogens with zero attached hydrogens (tertiary/aromatic N) is 1. The van der Waals surface area contributed by atoms with Gasteiger partial charge < -0.3 is 19.5 Å². The highest BCUT2D eigenvalue weighted by atomic mass is 16.5. The van der Waals surface area contributed by atoms with E-state index in [0.29, 0.717) is 0 Å². The third-order valence-corrected chi connectivity index (χ3v) is 6.80. The Kier molecular flexibility index (Phi) is 7.74. The SMILES string of the molecule is COc1cc2c(Cc3ccc(OC)c(OC)c3)[n+](Cc3ccccc3)ccc2cc1NCc1ccccc1. The maximum absolute atomic E-state index is 5.86. The van der Waals surface area contributed by atoms with E-state index >= 15 is 0 Å². The summed E-state index contributed by atoms with van der Waals surface area (Å²) in [5.74, 6) is 2.27. The molecule has 5 aromatic rings. The van der Waals surface area contributed by atoms with Crippen molar-refractivity contribution in [2.75, 3.05) is 26.6 Å². The van der Waals surface area contributed by atoms with E-state index < -0.39 is 0 Å². The molecule has 0 saturated carbocycles. The maximum atomic E-state index is 5.86. The van der Waals surface area contributed by atoms with Crippen LogP contribution in [-0.2, 0) is 19.5 Å². The number of nitrogens with one attached hydrogen (secondary N) is 1. The molecule has 5 heteroatoms. The Hall–Kier alpha value is -4.51. The standard InChI is InChI=1S/C33H32N2O3/c1-36-31-15-14-26(19-33(31)38-3)18-30-28-21-32(37-2)29(34-22-24-10-6-4-7-11-24)20-27(28)16-17-35(30)23-25-12-8-5-9-13-25/h4-17,19-21H,18,22-23H2,1-3H3/p+1. The van der Waals surface area contributed by atoms with Crippen molar-refractivity contribution in [3.63, 3.8) is 0 Å². The normalized spacial score (nSPS) is 10.8. The molecule has 0 spiro atoms. The molecule has 5 nitrogen and oxygen atoms in total. The number of aromatic nitrogens is 1. The molecule has 0 fully saturated rings. The molecule has 192 valence electrons. The first-order chi connectivity index (χ1) is 18.7. The number of hydrogen-bond acceptors (Lipinski definition) is 4. The van der Waals surface area contributed by atoms with Crippen molar-refractivity contribution in [3.8, 4) is 17.2 Å². The second-order valence-corrected chi connectivity index (χ2v) is 9.22. The molecule has 0 aliphatic rings. The van der Waals surface area contributed by atoms with E-state index in [4.69, 9.17) is 14.2 Å². The average molecular weight is 506 g/mol. The summed E-state index contributed by atoms with van der Waals surface area (Å²) in [6.07, 6.45) is 2.91. The molecule has 0 saturated heterocycles. The summed E-state index contributed by atoms with van der Waals surface area (Å²) in [6, 6.07) is 33.6. The minimum Gasteiger partial charge on any atom is -0.495 e. The molecule has 0 atom stereocenters. The molecule has 0 aliphatic heterocycles. The topological polar surface area (TPSA) is 43.6 Å². The summed E-state index contributed by atoms with van der Waals surface area (Å²) in [6.45, 7) is 1.50. The Morgan fingerprint density at radius 1 is 0.632 bits per heavy atom. The van der Waals surface area contributed by atoms with Gasteiger partial charge in [-0.2, -0.15) is 4.57 Å². The number of benzene rings is 4. The molecule has 0 amide bonds. The van der Waals surface area contributed by atoms with E-state index in [-0.39, 0.29) is 0 Å². The molecule has 1 heterocycles. The Labute approximate surface area is 224 Å². The second kappa shape index (κ2) is 11.7. The fourth-order valence-electron chi connectivity index (χ4n) is 4.81. The zero-order valence-corrected chi connectivity index (χ0v) is 22.1. The van der Waals surface area contributed by atoms with Crippen LogP contribution in [0.5, 0.6) is 17.2 Å². The van der Waals surface area contributed by atoms with Gasteiger partial charge in [-0.25, -0.2) is 0 Å². The number of ether oxygens (including phenoxy) is 3. The Morgan fingerprint density at radius 3 is 2.00 bits per heavy atom. The van der Waals surface area contributed by atoms with Crippen LogP contribution >= 0.6 is 0 Å². The quantitative estimate of drug-likeness (QED) is 0.223. The van der Waals surface area contributed by atoms with E-state index in [1.165, 1.54) is 16.8 Å². The van der Waals surface area contributed by atoms with E-state index in [1.807, 2.05) is 18.2 Å². The van der Waals surface area contributed by atoms with Gasteiger partial charge in [0.05, 0.1) is 38.8 Å². The lowest BCUT2D eigenvalue weighted by Gasteiger charge is -2.15. The lowest BCUT2D eigenvalue weighted by molar-refractivity contribution is -0.693. The third-order valence-electron chi connectivity index (χ3n) is 6.80. The number of rotatable bonds is 10. The van der Waals surface area contributed by atoms with E-state index in [1.54, 1.807) is 21.3 Å². The summed E-state index contributed by atoms with van der Waals surface area (Å²) >= 11 is 0. The zero-order chi connectivity index (χ0) is 26.3. The zero-order valence-electron chi connectivity index (χ0n) is 22.1. The molecule has 1 N–H and O–H groups in total. The fraction of sp³-hybridized carbons (Fsp3) is 0.182. The molecule has 4 aromatic carbocycles. The fourth-order valence-corrected chi connectivity index (χ4v) is 4.81. The molecule has 0 unspecified atom stereocenters. The molecule has 38 heavy (non-hydrogen) atoms. The van der Waals surface area contributed by atoms with Gasteiger partial charge in [-0.3, -0.25) is 0 Å². The van der Waals surface area contributed by atoms with Gasteiger partial charge in [0.15, 0.2) is 29.9 Å². The first-order valence-corrected chi connectivity index (χ1v) is 12.7. The van der Waals surface area contributed by atoms with E-state index in [0.717, 1.165) is 58.8 Å². The van der Waals surface area contributed by atoms with Crippen molar-refractivity contribution in [1.82, 2.24) is 0 Å². The smallest absolute Gasteiger partial charge is 0.194 e. The third kappa shape index (κ3) is 5.57. The average Bonchev–Trinajstić information content (AvgIpc) is 2.97. The summed E-state index contributed by atoms with van der Waals surface area (Å²) in [4.78, 5) is 0. The predicted octanol–water partition coefficient (Wildman–Crippen LogP) is 6.40. The summed E-state index contributed by atoms with van der Waals surface area (Å²) < 4.78 is 19.2. The molecule has 0 bridgehead atoms. The molecule has 1 aromatic heterocycles. The van der Waals surface area contributed by atoms with Crippen LogP contribution in [-0.4, -0.2) is 21.3 Å². The van der Waals surface area contributed by atoms with Gasteiger partial charge >= 0.3 is 0 Å². The van der Waals surface area contributed by atoms with Gasteiger partial charge in [0.1, 0.15) is 5.75 Å². The van der Waals surface area contributed by atoms with Gasteiger partial charge in [0.2, 0.25) is 0 Å². The van der Waals surface area contributed by atoms with Gasteiger partial charge in [0.25, 0.3) is 0 Å². The van der Waals surface area contributed by atoms with Crippen molar-refractivity contribution in [1.29, 1.82) is 0 Å². The van der Waals surface area contributed by atoms with Gasteiger partial charge in [-0.05, 0) is 40.8 Å². The monoisotopic (exact) mass is 505 g/mol. The van der Waals surface area contributed by atoms with Gasteiger partial charge in [-0.1, -0.05) is 66.7 Å². The highest BCUT2D eigenvalue weighted by Gasteiger charge is 2.20. The summed E-state index contributed by atoms with van der Waals surface area (Å²) in [5.41, 5.74) is 5.78. The molecular weight excluding hydrogens is 472 g/mol. The molecule has 0 aliphatic carbocycles. The van der Waals surface area contributed by atoms with Crippen LogP contribution in [0.15, 0.2) is 103 Å². The minimum atomic E-state index is 0.724. The van der Waals surface area contributed by atoms with Crippen LogP contribution in [0.4, 0.5) is 5.69 Å². The number of hydrogen-bond donors (Lipinski definition) is 1. The number of fused-ring (bicyclic) bond motifs is 1. The largest absolute Gasteiger partial charge is 0.495 e. The lowest BCUT2D eigenvalue weighted by atomic mass is 10.0. The van der Waals surface area contributed by atoms with E-state index in [2.05, 4.69) is 94.9 Å². The summed E-state index contributed by atoms with van der Waals surface area (Å²) in [5, 5.41) is 5.87. The second-order valence-electron chi connectivity index (χ2n) is 9.22. The Balaban J connectivity index is 1.58. The van der Waals surface area contributed by atoms with Crippen molar-refractivity contribution in [2.24, 2.45) is 0 Å². The van der Waals surface area contributed by atoms with Crippen LogP contribution in [0.2, 0.25) is 0 Å². The highest BCUT2D eigenvalue weighted by Crippen LogP contribution is 2.33.